The van der Waals surface area contributed by atoms with Crippen LogP contribution in [0.2, 0.25) is 10.0 Å². The van der Waals surface area contributed by atoms with Gasteiger partial charge in [-0.25, -0.2) is 0 Å². The zero-order chi connectivity index (χ0) is 15.9. The maximum Gasteiger partial charge on any atom is 0.250 e. The molecule has 0 heterocycles. The quantitative estimate of drug-likeness (QED) is 0.859. The Kier molecular flexibility index (Phi) is 6.07. The van der Waals surface area contributed by atoms with Gasteiger partial charge in [0.1, 0.15) is 6.61 Å². The molecule has 2 rings (SSSR count). The maximum absolute atomic E-state index is 11.9. The Morgan fingerprint density at radius 1 is 1.09 bits per heavy atom. The van der Waals surface area contributed by atoms with Crippen LogP contribution in [0.5, 0.6) is 5.75 Å². The first-order chi connectivity index (χ1) is 10.6. The summed E-state index contributed by atoms with van der Waals surface area (Å²) in [7, 11) is 1.49. The monoisotopic (exact) mass is 339 g/mol. The van der Waals surface area contributed by atoms with Crippen molar-refractivity contribution in [1.29, 1.82) is 0 Å². The molecule has 1 N–H and O–H groups in total. The van der Waals surface area contributed by atoms with E-state index in [4.69, 9.17) is 32.7 Å². The summed E-state index contributed by atoms with van der Waals surface area (Å²) in [6.07, 6.45) is 0. The molecule has 0 bridgehead atoms. The number of carbonyl (C=O) groups is 1. The van der Waals surface area contributed by atoms with Crippen molar-refractivity contribution in [1.82, 2.24) is 0 Å². The molecule has 0 aromatic heterocycles. The van der Waals surface area contributed by atoms with Crippen LogP contribution in [0.3, 0.4) is 0 Å². The number of nitrogens with one attached hydrogen (secondary N) is 1. The number of carbonyl (C=O) groups excluding carboxylic acids is 1. The first-order valence-electron chi connectivity index (χ1n) is 6.55. The third kappa shape index (κ3) is 4.37. The van der Waals surface area contributed by atoms with Gasteiger partial charge >= 0.3 is 0 Å². The molecular formula is C16H15Cl2NO3. The Balaban J connectivity index is 1.89. The van der Waals surface area contributed by atoms with Gasteiger partial charge in [-0.3, -0.25) is 4.79 Å². The number of methoxy groups -OCH3 is 1. The zero-order valence-corrected chi connectivity index (χ0v) is 13.4. The van der Waals surface area contributed by atoms with Crippen molar-refractivity contribution in [2.24, 2.45) is 0 Å². The molecule has 2 aromatic carbocycles. The molecule has 4 nitrogen and oxygen atoms in total. The zero-order valence-electron chi connectivity index (χ0n) is 11.9. The minimum Gasteiger partial charge on any atom is -0.493 e. The molecule has 6 heteroatoms. The number of amides is 1. The Bertz CT molecular complexity index is 662. The van der Waals surface area contributed by atoms with Gasteiger partial charge in [0.05, 0.1) is 24.4 Å². The van der Waals surface area contributed by atoms with Crippen LogP contribution in [0.1, 0.15) is 5.56 Å². The van der Waals surface area contributed by atoms with Gasteiger partial charge in [0, 0.05) is 5.02 Å². The third-order valence-corrected chi connectivity index (χ3v) is 3.56. The first kappa shape index (κ1) is 16.6. The van der Waals surface area contributed by atoms with E-state index in [9.17, 15) is 4.79 Å². The van der Waals surface area contributed by atoms with Gasteiger partial charge < -0.3 is 14.8 Å². The Hall–Kier alpha value is -1.75. The molecule has 22 heavy (non-hydrogen) atoms. The summed E-state index contributed by atoms with van der Waals surface area (Å²) >= 11 is 12.0. The van der Waals surface area contributed by atoms with E-state index in [1.165, 1.54) is 7.11 Å². The summed E-state index contributed by atoms with van der Waals surface area (Å²) in [5.74, 6) is 0.122. The van der Waals surface area contributed by atoms with Crippen LogP contribution >= 0.6 is 23.2 Å². The largest absolute Gasteiger partial charge is 0.493 e. The summed E-state index contributed by atoms with van der Waals surface area (Å²) in [6.45, 7) is 0.167. The molecule has 0 saturated carbocycles. The number of rotatable bonds is 6. The number of para-hydroxylation sites is 1. The Morgan fingerprint density at radius 3 is 2.55 bits per heavy atom. The minimum absolute atomic E-state index is 0.0963. The summed E-state index contributed by atoms with van der Waals surface area (Å²) in [6, 6.07) is 12.4. The highest BCUT2D eigenvalue weighted by atomic mass is 35.5. The molecule has 0 aliphatic heterocycles. The van der Waals surface area contributed by atoms with Crippen LogP contribution in [0, 0.1) is 0 Å². The van der Waals surface area contributed by atoms with E-state index < -0.39 is 0 Å². The molecule has 0 aliphatic carbocycles. The van der Waals surface area contributed by atoms with Crippen LogP contribution in [0.15, 0.2) is 42.5 Å². The first-order valence-corrected chi connectivity index (χ1v) is 7.31. The molecule has 0 spiro atoms. The average molecular weight is 340 g/mol. The van der Waals surface area contributed by atoms with E-state index in [0.717, 1.165) is 5.56 Å². The molecule has 116 valence electrons. The van der Waals surface area contributed by atoms with E-state index in [1.54, 1.807) is 24.3 Å². The standard InChI is InChI=1S/C16H15Cl2NO3/c1-21-16-13(18)7-4-8-14(16)19-15(20)10-22-9-11-5-2-3-6-12(11)17/h2-8H,9-10H2,1H3,(H,19,20). The molecule has 0 aliphatic rings. The number of hydrogen-bond donors (Lipinski definition) is 1. The van der Waals surface area contributed by atoms with Crippen LogP contribution in [-0.4, -0.2) is 19.6 Å². The topological polar surface area (TPSA) is 47.6 Å². The summed E-state index contributed by atoms with van der Waals surface area (Å²) in [5, 5.41) is 3.74. The predicted molar refractivity (Wildman–Crippen MR) is 87.7 cm³/mol. The molecular weight excluding hydrogens is 325 g/mol. The summed E-state index contributed by atoms with van der Waals surface area (Å²) in [5.41, 5.74) is 1.33. The lowest BCUT2D eigenvalue weighted by atomic mass is 10.2. The molecule has 2 aromatic rings. The lowest BCUT2D eigenvalue weighted by Gasteiger charge is -2.11. The lowest BCUT2D eigenvalue weighted by molar-refractivity contribution is -0.121. The fourth-order valence-electron chi connectivity index (χ4n) is 1.87. The van der Waals surface area contributed by atoms with Crippen LogP contribution in [-0.2, 0) is 16.1 Å². The average Bonchev–Trinajstić information content (AvgIpc) is 2.49. The highest BCUT2D eigenvalue weighted by molar-refractivity contribution is 6.32. The van der Waals surface area contributed by atoms with E-state index >= 15 is 0 Å². The van der Waals surface area contributed by atoms with Gasteiger partial charge in [-0.15, -0.1) is 0 Å². The van der Waals surface area contributed by atoms with Crippen molar-refractivity contribution in [3.63, 3.8) is 0 Å². The van der Waals surface area contributed by atoms with Crippen molar-refractivity contribution in [3.8, 4) is 5.75 Å². The van der Waals surface area contributed by atoms with Crippen LogP contribution in [0.4, 0.5) is 5.69 Å². The van der Waals surface area contributed by atoms with Crippen molar-refractivity contribution in [2.75, 3.05) is 19.0 Å². The van der Waals surface area contributed by atoms with Gasteiger partial charge in [0.15, 0.2) is 5.75 Å². The van der Waals surface area contributed by atoms with E-state index in [2.05, 4.69) is 5.32 Å². The second-order valence-corrected chi connectivity index (χ2v) is 5.27. The number of anilines is 1. The predicted octanol–water partition coefficient (Wildman–Crippen LogP) is 4.16. The number of benzene rings is 2. The fourth-order valence-corrected chi connectivity index (χ4v) is 2.31. The van der Waals surface area contributed by atoms with Crippen LogP contribution < -0.4 is 10.1 Å². The summed E-state index contributed by atoms with van der Waals surface area (Å²) in [4.78, 5) is 11.9. The number of hydrogen-bond acceptors (Lipinski definition) is 3. The van der Waals surface area contributed by atoms with Gasteiger partial charge in [-0.05, 0) is 23.8 Å². The highest BCUT2D eigenvalue weighted by Crippen LogP contribution is 2.32. The van der Waals surface area contributed by atoms with Gasteiger partial charge in [-0.1, -0.05) is 47.5 Å². The molecule has 0 unspecified atom stereocenters. The van der Waals surface area contributed by atoms with Gasteiger partial charge in [-0.2, -0.15) is 0 Å². The smallest absolute Gasteiger partial charge is 0.250 e. The third-order valence-electron chi connectivity index (χ3n) is 2.89. The van der Waals surface area contributed by atoms with Crippen molar-refractivity contribution < 1.29 is 14.3 Å². The Morgan fingerprint density at radius 2 is 1.82 bits per heavy atom. The molecule has 0 radical (unpaired) electrons. The van der Waals surface area contributed by atoms with Crippen molar-refractivity contribution in [3.05, 3.63) is 58.1 Å². The van der Waals surface area contributed by atoms with Crippen molar-refractivity contribution >= 4 is 34.8 Å². The SMILES string of the molecule is COc1c(Cl)cccc1NC(=O)COCc1ccccc1Cl. The summed E-state index contributed by atoms with van der Waals surface area (Å²) < 4.78 is 10.5. The molecule has 0 saturated heterocycles. The highest BCUT2D eigenvalue weighted by Gasteiger charge is 2.10. The second kappa shape index (κ2) is 8.03. The van der Waals surface area contributed by atoms with E-state index in [-0.39, 0.29) is 19.1 Å². The molecule has 0 atom stereocenters. The molecule has 0 fully saturated rings. The fraction of sp³-hybridized carbons (Fsp3) is 0.188. The van der Waals surface area contributed by atoms with Crippen molar-refractivity contribution in [2.45, 2.75) is 6.61 Å². The number of ether oxygens (including phenoxy) is 2. The molecule has 1 amide bonds. The van der Waals surface area contributed by atoms with E-state index in [0.29, 0.717) is 21.5 Å². The number of halogens is 2. The van der Waals surface area contributed by atoms with E-state index in [1.807, 2.05) is 18.2 Å². The second-order valence-electron chi connectivity index (χ2n) is 4.45. The Labute approximate surface area is 138 Å². The maximum atomic E-state index is 11.9. The lowest BCUT2D eigenvalue weighted by Crippen LogP contribution is -2.18. The minimum atomic E-state index is -0.298. The van der Waals surface area contributed by atoms with Gasteiger partial charge in [0.25, 0.3) is 0 Å². The normalized spacial score (nSPS) is 10.3. The van der Waals surface area contributed by atoms with Gasteiger partial charge in [0.2, 0.25) is 5.91 Å². The van der Waals surface area contributed by atoms with Crippen LogP contribution in [0.25, 0.3) is 0 Å².